The maximum atomic E-state index is 13.0. The van der Waals surface area contributed by atoms with E-state index in [9.17, 15) is 8.42 Å². The zero-order chi connectivity index (χ0) is 19.0. The van der Waals surface area contributed by atoms with Gasteiger partial charge in [-0.2, -0.15) is 9.97 Å². The monoisotopic (exact) mass is 385 g/mol. The minimum absolute atomic E-state index is 0.182. The highest BCUT2D eigenvalue weighted by molar-refractivity contribution is 7.90. The third kappa shape index (κ3) is 3.25. The molecule has 0 atom stereocenters. The van der Waals surface area contributed by atoms with Gasteiger partial charge in [-0.15, -0.1) is 0 Å². The Hall–Kier alpha value is -2.94. The van der Waals surface area contributed by atoms with E-state index in [0.717, 1.165) is 0 Å². The molecule has 4 rings (SSSR count). The number of fused-ring (bicyclic) bond motifs is 1. The summed E-state index contributed by atoms with van der Waals surface area (Å²) in [6.07, 6.45) is 5.65. The molecule has 0 spiro atoms. The van der Waals surface area contributed by atoms with Gasteiger partial charge < -0.3 is 14.2 Å². The van der Waals surface area contributed by atoms with Crippen molar-refractivity contribution in [1.29, 1.82) is 0 Å². The molecule has 3 aromatic rings. The van der Waals surface area contributed by atoms with Gasteiger partial charge in [-0.05, 0) is 17.7 Å². The smallest absolute Gasteiger partial charge is 0.251 e. The number of hydrogen-bond donors (Lipinski definition) is 0. The van der Waals surface area contributed by atoms with Crippen LogP contribution in [-0.4, -0.2) is 48.1 Å². The van der Waals surface area contributed by atoms with Gasteiger partial charge in [0.1, 0.15) is 5.75 Å². The molecule has 1 aliphatic heterocycles. The van der Waals surface area contributed by atoms with Crippen LogP contribution in [0.15, 0.2) is 47.9 Å². The average molecular weight is 385 g/mol. The fourth-order valence-electron chi connectivity index (χ4n) is 2.99. The van der Waals surface area contributed by atoms with Crippen molar-refractivity contribution in [3.63, 3.8) is 0 Å². The topological polar surface area (TPSA) is 90.2 Å². The Kier molecular flexibility index (Phi) is 4.31. The first-order valence-corrected chi connectivity index (χ1v) is 10.1. The lowest BCUT2D eigenvalue weighted by molar-refractivity contribution is 0.414. The zero-order valence-electron chi connectivity index (χ0n) is 15.0. The summed E-state index contributed by atoms with van der Waals surface area (Å²) in [5.41, 5.74) is 1.75. The molecule has 1 aliphatic rings. The van der Waals surface area contributed by atoms with Crippen molar-refractivity contribution < 1.29 is 13.2 Å². The number of aryl methyl sites for hydroxylation is 1. The number of imidazole rings is 1. The normalized spacial score (nSPS) is 14.2. The number of benzene rings is 1. The van der Waals surface area contributed by atoms with E-state index in [2.05, 4.69) is 15.0 Å². The zero-order valence-corrected chi connectivity index (χ0v) is 15.8. The second-order valence-electron chi connectivity index (χ2n) is 6.34. The summed E-state index contributed by atoms with van der Waals surface area (Å²) >= 11 is 0. The van der Waals surface area contributed by atoms with Gasteiger partial charge >= 0.3 is 0 Å². The van der Waals surface area contributed by atoms with Gasteiger partial charge in [-0.1, -0.05) is 24.3 Å². The quantitative estimate of drug-likeness (QED) is 0.488. The molecule has 0 fully saturated rings. The number of methoxy groups -OCH3 is 1. The molecule has 0 unspecified atom stereocenters. The van der Waals surface area contributed by atoms with Crippen LogP contribution in [0.5, 0.6) is 5.75 Å². The molecule has 2 aromatic heterocycles. The first kappa shape index (κ1) is 17.5. The SMILES string of the molecule is COc1ccc(CS(=O)(=O)c2nc(N3CC=CC3)c3ncn(C)c3n2)cc1. The molecule has 140 valence electrons. The van der Waals surface area contributed by atoms with Crippen LogP contribution in [0.3, 0.4) is 0 Å². The van der Waals surface area contributed by atoms with Crippen molar-refractivity contribution in [2.24, 2.45) is 7.05 Å². The summed E-state index contributed by atoms with van der Waals surface area (Å²) in [6.45, 7) is 1.33. The summed E-state index contributed by atoms with van der Waals surface area (Å²) in [5, 5.41) is -0.184. The van der Waals surface area contributed by atoms with E-state index >= 15 is 0 Å². The van der Waals surface area contributed by atoms with Crippen molar-refractivity contribution in [3.8, 4) is 5.75 Å². The summed E-state index contributed by atoms with van der Waals surface area (Å²) in [7, 11) is -0.369. The van der Waals surface area contributed by atoms with Crippen LogP contribution in [0.4, 0.5) is 5.82 Å². The molecule has 0 N–H and O–H groups in total. The minimum Gasteiger partial charge on any atom is -0.497 e. The summed E-state index contributed by atoms with van der Waals surface area (Å²) in [4.78, 5) is 15.0. The first-order valence-electron chi connectivity index (χ1n) is 8.42. The fraction of sp³-hybridized carbons (Fsp3) is 0.278. The van der Waals surface area contributed by atoms with Gasteiger partial charge in [-0.3, -0.25) is 0 Å². The molecule has 0 amide bonds. The van der Waals surface area contributed by atoms with Crippen molar-refractivity contribution >= 4 is 26.8 Å². The summed E-state index contributed by atoms with van der Waals surface area (Å²) < 4.78 is 32.8. The largest absolute Gasteiger partial charge is 0.497 e. The Morgan fingerprint density at radius 2 is 1.81 bits per heavy atom. The number of anilines is 1. The first-order chi connectivity index (χ1) is 13.0. The van der Waals surface area contributed by atoms with Gasteiger partial charge in [0.05, 0.1) is 19.2 Å². The van der Waals surface area contributed by atoms with Crippen molar-refractivity contribution in [2.45, 2.75) is 10.9 Å². The van der Waals surface area contributed by atoms with E-state index < -0.39 is 9.84 Å². The molecule has 0 saturated heterocycles. The molecule has 0 aliphatic carbocycles. The molecular formula is C18H19N5O3S. The van der Waals surface area contributed by atoms with Crippen LogP contribution >= 0.6 is 0 Å². The number of nitrogens with zero attached hydrogens (tertiary/aromatic N) is 5. The van der Waals surface area contributed by atoms with Crippen LogP contribution in [0, 0.1) is 0 Å². The Bertz CT molecular complexity index is 1110. The van der Waals surface area contributed by atoms with E-state index in [1.165, 1.54) is 0 Å². The highest BCUT2D eigenvalue weighted by atomic mass is 32.2. The lowest BCUT2D eigenvalue weighted by Gasteiger charge is -2.17. The molecule has 3 heterocycles. The second kappa shape index (κ2) is 6.66. The number of aromatic nitrogens is 4. The van der Waals surface area contributed by atoms with Crippen LogP contribution < -0.4 is 9.64 Å². The molecule has 0 bridgehead atoms. The Morgan fingerprint density at radius 3 is 2.48 bits per heavy atom. The molecule has 0 saturated carbocycles. The molecule has 0 radical (unpaired) electrons. The molecule has 1 aromatic carbocycles. The second-order valence-corrected chi connectivity index (χ2v) is 8.22. The van der Waals surface area contributed by atoms with Crippen LogP contribution in [0.25, 0.3) is 11.2 Å². The van der Waals surface area contributed by atoms with Crippen molar-refractivity contribution in [1.82, 2.24) is 19.5 Å². The standard InChI is InChI=1S/C18H19N5O3S/c1-22-12-19-15-16(22)20-18(21-17(15)23-9-3-4-10-23)27(24,25)11-13-5-7-14(26-2)8-6-13/h3-8,12H,9-11H2,1-2H3. The van der Waals surface area contributed by atoms with E-state index in [-0.39, 0.29) is 10.9 Å². The maximum Gasteiger partial charge on any atom is 0.251 e. The van der Waals surface area contributed by atoms with E-state index in [1.807, 2.05) is 17.1 Å². The van der Waals surface area contributed by atoms with E-state index in [0.29, 0.717) is 41.4 Å². The van der Waals surface area contributed by atoms with Gasteiger partial charge in [0.15, 0.2) is 17.0 Å². The predicted molar refractivity (Wildman–Crippen MR) is 102 cm³/mol. The predicted octanol–water partition coefficient (Wildman–Crippen LogP) is 1.72. The van der Waals surface area contributed by atoms with Crippen LogP contribution in [-0.2, 0) is 22.6 Å². The fourth-order valence-corrected chi connectivity index (χ4v) is 4.20. The van der Waals surface area contributed by atoms with Crippen molar-refractivity contribution in [2.75, 3.05) is 25.1 Å². The molecule has 9 heteroatoms. The van der Waals surface area contributed by atoms with E-state index in [1.54, 1.807) is 49.3 Å². The Morgan fingerprint density at radius 1 is 1.11 bits per heavy atom. The maximum absolute atomic E-state index is 13.0. The number of rotatable bonds is 5. The van der Waals surface area contributed by atoms with Gasteiger partial charge in [0.25, 0.3) is 5.16 Å². The number of sulfone groups is 1. The third-order valence-corrected chi connectivity index (χ3v) is 5.88. The Balaban J connectivity index is 1.76. The highest BCUT2D eigenvalue weighted by Gasteiger charge is 2.25. The summed E-state index contributed by atoms with van der Waals surface area (Å²) in [6, 6.07) is 6.92. The van der Waals surface area contributed by atoms with E-state index in [4.69, 9.17) is 4.74 Å². The number of ether oxygens (including phenoxy) is 1. The molecule has 27 heavy (non-hydrogen) atoms. The van der Waals surface area contributed by atoms with Gasteiger partial charge in [0.2, 0.25) is 9.84 Å². The van der Waals surface area contributed by atoms with Gasteiger partial charge in [0, 0.05) is 20.1 Å². The van der Waals surface area contributed by atoms with Crippen LogP contribution in [0.2, 0.25) is 0 Å². The van der Waals surface area contributed by atoms with Crippen molar-refractivity contribution in [3.05, 3.63) is 48.3 Å². The minimum atomic E-state index is -3.72. The Labute approximate surface area is 157 Å². The highest BCUT2D eigenvalue weighted by Crippen LogP contribution is 2.26. The average Bonchev–Trinajstić information content (AvgIpc) is 3.32. The summed E-state index contributed by atoms with van der Waals surface area (Å²) in [5.74, 6) is 1.03. The molecular weight excluding hydrogens is 366 g/mol. The lowest BCUT2D eigenvalue weighted by atomic mass is 10.2. The van der Waals surface area contributed by atoms with Crippen LogP contribution in [0.1, 0.15) is 5.56 Å². The lowest BCUT2D eigenvalue weighted by Crippen LogP contribution is -2.22. The van der Waals surface area contributed by atoms with Gasteiger partial charge in [-0.25, -0.2) is 13.4 Å². The number of hydrogen-bond acceptors (Lipinski definition) is 7. The third-order valence-electron chi connectivity index (χ3n) is 4.43. The molecule has 8 nitrogen and oxygen atoms in total.